The third-order valence-corrected chi connectivity index (χ3v) is 2.99. The van der Waals surface area contributed by atoms with E-state index in [1.165, 1.54) is 5.56 Å². The summed E-state index contributed by atoms with van der Waals surface area (Å²) in [5, 5.41) is 0. The molecule has 1 aliphatic rings. The van der Waals surface area contributed by atoms with Gasteiger partial charge < -0.3 is 0 Å². The summed E-state index contributed by atoms with van der Waals surface area (Å²) < 4.78 is 0. The van der Waals surface area contributed by atoms with Crippen molar-refractivity contribution in [3.05, 3.63) is 30.1 Å². The van der Waals surface area contributed by atoms with E-state index in [0.717, 1.165) is 25.7 Å². The van der Waals surface area contributed by atoms with Crippen LogP contribution < -0.4 is 0 Å². The largest absolute Gasteiger partial charge is 0.300 e. The van der Waals surface area contributed by atoms with E-state index in [9.17, 15) is 4.79 Å². The fourth-order valence-electron chi connectivity index (χ4n) is 2.24. The van der Waals surface area contributed by atoms with Gasteiger partial charge in [0.05, 0.1) is 0 Å². The van der Waals surface area contributed by atoms with Gasteiger partial charge in [0.15, 0.2) is 0 Å². The molecule has 2 rings (SSSR count). The first-order valence-corrected chi connectivity index (χ1v) is 5.09. The van der Waals surface area contributed by atoms with E-state index in [1.54, 1.807) is 6.20 Å². The van der Waals surface area contributed by atoms with Gasteiger partial charge in [-0.15, -0.1) is 0 Å². The Morgan fingerprint density at radius 2 is 2.43 bits per heavy atom. The maximum absolute atomic E-state index is 11.2. The highest BCUT2D eigenvalue weighted by molar-refractivity contribution is 5.81. The molecule has 0 spiro atoms. The van der Waals surface area contributed by atoms with Crippen LogP contribution in [0.15, 0.2) is 24.5 Å². The SMILES string of the molecule is CC1(Cc2cccnc2)CCC(=O)C1. The average molecular weight is 189 g/mol. The standard InChI is InChI=1S/C12H15NO/c1-12(5-4-11(14)8-12)7-10-3-2-6-13-9-10/h2-3,6,9H,4-5,7-8H2,1H3. The number of hydrogen-bond acceptors (Lipinski definition) is 2. The lowest BCUT2D eigenvalue weighted by atomic mass is 9.82. The number of Topliss-reactive ketones (excluding diaryl/α,β-unsaturated/α-hetero) is 1. The Labute approximate surface area is 84.4 Å². The third-order valence-electron chi connectivity index (χ3n) is 2.99. The summed E-state index contributed by atoms with van der Waals surface area (Å²) in [4.78, 5) is 15.3. The Morgan fingerprint density at radius 3 is 3.00 bits per heavy atom. The Balaban J connectivity index is 2.08. The maximum atomic E-state index is 11.2. The Kier molecular flexibility index (Phi) is 2.36. The van der Waals surface area contributed by atoms with Crippen molar-refractivity contribution in [3.8, 4) is 0 Å². The van der Waals surface area contributed by atoms with Crippen molar-refractivity contribution >= 4 is 5.78 Å². The minimum atomic E-state index is 0.181. The van der Waals surface area contributed by atoms with E-state index >= 15 is 0 Å². The molecule has 1 aromatic rings. The smallest absolute Gasteiger partial charge is 0.133 e. The monoisotopic (exact) mass is 189 g/mol. The summed E-state index contributed by atoms with van der Waals surface area (Å²) in [5.41, 5.74) is 1.42. The summed E-state index contributed by atoms with van der Waals surface area (Å²) in [6.45, 7) is 2.20. The molecule has 0 saturated heterocycles. The molecule has 2 heteroatoms. The van der Waals surface area contributed by atoms with Crippen LogP contribution in [0.2, 0.25) is 0 Å². The minimum absolute atomic E-state index is 0.181. The fourth-order valence-corrected chi connectivity index (χ4v) is 2.24. The van der Waals surface area contributed by atoms with Crippen LogP contribution in [0.1, 0.15) is 31.7 Å². The van der Waals surface area contributed by atoms with Gasteiger partial charge in [0.2, 0.25) is 0 Å². The molecule has 1 atom stereocenters. The lowest BCUT2D eigenvalue weighted by molar-refractivity contribution is -0.117. The molecule has 0 bridgehead atoms. The molecule has 1 aromatic heterocycles. The number of rotatable bonds is 2. The number of carbonyl (C=O) groups excluding carboxylic acids is 1. The fraction of sp³-hybridized carbons (Fsp3) is 0.500. The number of nitrogens with zero attached hydrogens (tertiary/aromatic N) is 1. The summed E-state index contributed by atoms with van der Waals surface area (Å²) in [7, 11) is 0. The lowest BCUT2D eigenvalue weighted by Crippen LogP contribution is -2.15. The van der Waals surface area contributed by atoms with Crippen LogP contribution in [0.25, 0.3) is 0 Å². The molecule has 0 radical (unpaired) electrons. The predicted octanol–water partition coefficient (Wildman–Crippen LogP) is 2.38. The summed E-state index contributed by atoms with van der Waals surface area (Å²) in [5.74, 6) is 0.413. The van der Waals surface area contributed by atoms with E-state index < -0.39 is 0 Å². The normalized spacial score (nSPS) is 26.8. The van der Waals surface area contributed by atoms with Gasteiger partial charge in [-0.3, -0.25) is 9.78 Å². The molecule has 1 aliphatic carbocycles. The number of hydrogen-bond donors (Lipinski definition) is 0. The number of aromatic nitrogens is 1. The van der Waals surface area contributed by atoms with Crippen LogP contribution in [-0.2, 0) is 11.2 Å². The molecule has 1 fully saturated rings. The first-order chi connectivity index (χ1) is 6.68. The molecule has 74 valence electrons. The Hall–Kier alpha value is -1.18. The van der Waals surface area contributed by atoms with Crippen LogP contribution >= 0.6 is 0 Å². The highest BCUT2D eigenvalue weighted by Gasteiger charge is 2.33. The maximum Gasteiger partial charge on any atom is 0.133 e. The van der Waals surface area contributed by atoms with Crippen LogP contribution in [0, 0.1) is 5.41 Å². The van der Waals surface area contributed by atoms with E-state index in [4.69, 9.17) is 0 Å². The molecule has 1 unspecified atom stereocenters. The molecule has 0 N–H and O–H groups in total. The molecule has 0 amide bonds. The third kappa shape index (κ3) is 2.00. The van der Waals surface area contributed by atoms with Crippen molar-refractivity contribution in [2.75, 3.05) is 0 Å². The molecule has 0 aromatic carbocycles. The Bertz CT molecular complexity index is 333. The second-order valence-electron chi connectivity index (χ2n) is 4.56. The second kappa shape index (κ2) is 3.52. The van der Waals surface area contributed by atoms with Crippen molar-refractivity contribution in [1.29, 1.82) is 0 Å². The lowest BCUT2D eigenvalue weighted by Gasteiger charge is -2.21. The number of ketones is 1. The van der Waals surface area contributed by atoms with Gasteiger partial charge in [0.25, 0.3) is 0 Å². The molecule has 1 saturated carbocycles. The second-order valence-corrected chi connectivity index (χ2v) is 4.56. The summed E-state index contributed by atoms with van der Waals surface area (Å²) in [6.07, 6.45) is 7.19. The van der Waals surface area contributed by atoms with E-state index in [0.29, 0.717) is 5.78 Å². The zero-order valence-electron chi connectivity index (χ0n) is 8.49. The van der Waals surface area contributed by atoms with Gasteiger partial charge in [0, 0.05) is 25.2 Å². The highest BCUT2D eigenvalue weighted by atomic mass is 16.1. The summed E-state index contributed by atoms with van der Waals surface area (Å²) >= 11 is 0. The van der Waals surface area contributed by atoms with Crippen LogP contribution in [0.5, 0.6) is 0 Å². The van der Waals surface area contributed by atoms with Crippen LogP contribution in [0.4, 0.5) is 0 Å². The molecule has 14 heavy (non-hydrogen) atoms. The molecule has 1 heterocycles. The van der Waals surface area contributed by atoms with Crippen molar-refractivity contribution in [2.45, 2.75) is 32.6 Å². The van der Waals surface area contributed by atoms with Crippen molar-refractivity contribution in [2.24, 2.45) is 5.41 Å². The van der Waals surface area contributed by atoms with E-state index in [1.807, 2.05) is 12.3 Å². The number of pyridine rings is 1. The van der Waals surface area contributed by atoms with Crippen LogP contribution in [-0.4, -0.2) is 10.8 Å². The topological polar surface area (TPSA) is 30.0 Å². The van der Waals surface area contributed by atoms with Crippen molar-refractivity contribution in [1.82, 2.24) is 4.98 Å². The molecular weight excluding hydrogens is 174 g/mol. The van der Waals surface area contributed by atoms with Gasteiger partial charge in [-0.2, -0.15) is 0 Å². The van der Waals surface area contributed by atoms with Gasteiger partial charge in [-0.25, -0.2) is 0 Å². The minimum Gasteiger partial charge on any atom is -0.300 e. The summed E-state index contributed by atoms with van der Waals surface area (Å²) in [6, 6.07) is 4.04. The predicted molar refractivity (Wildman–Crippen MR) is 54.9 cm³/mol. The van der Waals surface area contributed by atoms with Gasteiger partial charge in [0.1, 0.15) is 5.78 Å². The van der Waals surface area contributed by atoms with Gasteiger partial charge >= 0.3 is 0 Å². The molecule has 2 nitrogen and oxygen atoms in total. The van der Waals surface area contributed by atoms with Crippen LogP contribution in [0.3, 0.4) is 0 Å². The first-order valence-electron chi connectivity index (χ1n) is 5.09. The van der Waals surface area contributed by atoms with Crippen molar-refractivity contribution < 1.29 is 4.79 Å². The number of carbonyl (C=O) groups is 1. The average Bonchev–Trinajstić information content (AvgIpc) is 2.47. The zero-order chi connectivity index (χ0) is 10.0. The van der Waals surface area contributed by atoms with E-state index in [-0.39, 0.29) is 5.41 Å². The van der Waals surface area contributed by atoms with Gasteiger partial charge in [-0.1, -0.05) is 13.0 Å². The van der Waals surface area contributed by atoms with E-state index in [2.05, 4.69) is 18.0 Å². The van der Waals surface area contributed by atoms with Gasteiger partial charge in [-0.05, 0) is 29.9 Å². The first kappa shape index (κ1) is 9.38. The highest BCUT2D eigenvalue weighted by Crippen LogP contribution is 2.38. The molecular formula is C12H15NO. The Morgan fingerprint density at radius 1 is 1.57 bits per heavy atom. The van der Waals surface area contributed by atoms with Crippen molar-refractivity contribution in [3.63, 3.8) is 0 Å². The molecule has 0 aliphatic heterocycles. The zero-order valence-corrected chi connectivity index (χ0v) is 8.49. The quantitative estimate of drug-likeness (QED) is 0.715.